The van der Waals surface area contributed by atoms with Gasteiger partial charge in [-0.25, -0.2) is 0 Å². The van der Waals surface area contributed by atoms with E-state index < -0.39 is 0 Å². The summed E-state index contributed by atoms with van der Waals surface area (Å²) < 4.78 is 6.42. The molecule has 0 unspecified atom stereocenters. The highest BCUT2D eigenvalue weighted by Gasteiger charge is 2.16. The Morgan fingerprint density at radius 2 is 1.93 bits per heavy atom. The lowest BCUT2D eigenvalue weighted by molar-refractivity contribution is -0.120. The molecule has 1 heterocycles. The minimum atomic E-state index is -0.386. The largest absolute Gasteiger partial charge is 0.497 e. The zero-order valence-electron chi connectivity index (χ0n) is 16.9. The van der Waals surface area contributed by atoms with Gasteiger partial charge in [-0.2, -0.15) is 9.78 Å². The lowest BCUT2D eigenvalue weighted by atomic mass is 10.2. The molecule has 0 saturated heterocycles. The summed E-state index contributed by atoms with van der Waals surface area (Å²) in [6, 6.07) is 15.9. The van der Waals surface area contributed by atoms with Gasteiger partial charge in [-0.05, 0) is 55.3 Å². The van der Waals surface area contributed by atoms with E-state index in [9.17, 15) is 9.59 Å². The highest BCUT2D eigenvalue weighted by molar-refractivity contribution is 8.00. The lowest BCUT2D eigenvalue weighted by Gasteiger charge is -2.13. The SMILES string of the molecule is COc1ccc(CNC(=O)[C@H](C)Sc2ccc(=O)n(-c3ccc(C)c(Cl)c3)n2)cc1. The van der Waals surface area contributed by atoms with E-state index in [-0.39, 0.29) is 16.7 Å². The van der Waals surface area contributed by atoms with Crippen LogP contribution in [0.1, 0.15) is 18.1 Å². The van der Waals surface area contributed by atoms with Crippen molar-refractivity contribution >= 4 is 29.3 Å². The van der Waals surface area contributed by atoms with Gasteiger partial charge in [0.15, 0.2) is 0 Å². The van der Waals surface area contributed by atoms with Gasteiger partial charge in [0, 0.05) is 17.6 Å². The quantitative estimate of drug-likeness (QED) is 0.559. The minimum Gasteiger partial charge on any atom is -0.497 e. The maximum absolute atomic E-state index is 12.5. The highest BCUT2D eigenvalue weighted by Crippen LogP contribution is 2.22. The first kappa shape index (κ1) is 21.9. The van der Waals surface area contributed by atoms with Crippen LogP contribution in [0.25, 0.3) is 5.69 Å². The predicted octanol–water partition coefficient (Wildman–Crippen LogP) is 4.00. The van der Waals surface area contributed by atoms with E-state index in [1.165, 1.54) is 22.5 Å². The molecule has 3 rings (SSSR count). The summed E-state index contributed by atoms with van der Waals surface area (Å²) in [6.07, 6.45) is 0. The average Bonchev–Trinajstić information content (AvgIpc) is 2.75. The van der Waals surface area contributed by atoms with E-state index in [4.69, 9.17) is 16.3 Å². The number of hydrogen-bond donors (Lipinski definition) is 1. The molecule has 0 radical (unpaired) electrons. The molecule has 0 aliphatic heterocycles. The summed E-state index contributed by atoms with van der Waals surface area (Å²) in [5.41, 5.74) is 2.20. The van der Waals surface area contributed by atoms with Crippen LogP contribution in [0.15, 0.2) is 64.4 Å². The summed E-state index contributed by atoms with van der Waals surface area (Å²) >= 11 is 7.46. The molecule has 0 saturated carbocycles. The van der Waals surface area contributed by atoms with Crippen LogP contribution >= 0.6 is 23.4 Å². The van der Waals surface area contributed by atoms with Gasteiger partial charge >= 0.3 is 0 Å². The second-order valence-corrected chi connectivity index (χ2v) is 8.45. The van der Waals surface area contributed by atoms with Crippen LogP contribution in [0.3, 0.4) is 0 Å². The maximum Gasteiger partial charge on any atom is 0.271 e. The van der Waals surface area contributed by atoms with Crippen molar-refractivity contribution in [2.45, 2.75) is 30.7 Å². The van der Waals surface area contributed by atoms with Crippen LogP contribution in [-0.4, -0.2) is 28.0 Å². The number of amides is 1. The van der Waals surface area contributed by atoms with Gasteiger partial charge in [0.05, 0.1) is 18.0 Å². The van der Waals surface area contributed by atoms with E-state index in [0.29, 0.717) is 22.3 Å². The van der Waals surface area contributed by atoms with E-state index in [2.05, 4.69) is 10.4 Å². The number of hydrogen-bond acceptors (Lipinski definition) is 5. The molecular formula is C22H22ClN3O3S. The van der Waals surface area contributed by atoms with E-state index >= 15 is 0 Å². The first-order chi connectivity index (χ1) is 14.4. The van der Waals surface area contributed by atoms with Crippen LogP contribution in [0.5, 0.6) is 5.75 Å². The number of ether oxygens (including phenoxy) is 1. The Kier molecular flexibility index (Phi) is 7.18. The van der Waals surface area contributed by atoms with Crippen molar-refractivity contribution in [2.75, 3.05) is 7.11 Å². The van der Waals surface area contributed by atoms with Crippen molar-refractivity contribution in [3.8, 4) is 11.4 Å². The molecule has 2 aromatic carbocycles. The molecule has 0 fully saturated rings. The number of thioether (sulfide) groups is 1. The minimum absolute atomic E-state index is 0.117. The molecule has 1 atom stereocenters. The van der Waals surface area contributed by atoms with Crippen molar-refractivity contribution in [3.05, 3.63) is 81.1 Å². The molecule has 0 aliphatic rings. The molecule has 6 nitrogen and oxygen atoms in total. The fourth-order valence-corrected chi connectivity index (χ4v) is 3.67. The molecular weight excluding hydrogens is 422 g/mol. The Morgan fingerprint density at radius 1 is 1.20 bits per heavy atom. The van der Waals surface area contributed by atoms with Gasteiger partial charge < -0.3 is 10.1 Å². The van der Waals surface area contributed by atoms with E-state index in [1.807, 2.05) is 37.3 Å². The number of aromatic nitrogens is 2. The molecule has 8 heteroatoms. The van der Waals surface area contributed by atoms with Gasteiger partial charge in [-0.3, -0.25) is 9.59 Å². The fraction of sp³-hybridized carbons (Fsp3) is 0.227. The van der Waals surface area contributed by atoms with Gasteiger partial charge in [0.1, 0.15) is 10.8 Å². The number of nitrogens with one attached hydrogen (secondary N) is 1. The summed E-state index contributed by atoms with van der Waals surface area (Å²) in [7, 11) is 1.61. The van der Waals surface area contributed by atoms with Crippen molar-refractivity contribution < 1.29 is 9.53 Å². The number of methoxy groups -OCH3 is 1. The third-order valence-corrected chi connectivity index (χ3v) is 5.90. The van der Waals surface area contributed by atoms with Gasteiger partial charge in [0.2, 0.25) is 5.91 Å². The zero-order chi connectivity index (χ0) is 21.7. The zero-order valence-corrected chi connectivity index (χ0v) is 18.5. The molecule has 3 aromatic rings. The van der Waals surface area contributed by atoms with Crippen LogP contribution < -0.4 is 15.6 Å². The second kappa shape index (κ2) is 9.82. The summed E-state index contributed by atoms with van der Waals surface area (Å²) in [5.74, 6) is 0.652. The molecule has 0 bridgehead atoms. The Bertz CT molecular complexity index is 1100. The van der Waals surface area contributed by atoms with Crippen LogP contribution in [0.2, 0.25) is 5.02 Å². The van der Waals surface area contributed by atoms with Gasteiger partial charge in [-0.1, -0.05) is 41.6 Å². The Hall–Kier alpha value is -2.77. The smallest absolute Gasteiger partial charge is 0.271 e. The molecule has 0 aliphatic carbocycles. The topological polar surface area (TPSA) is 73.2 Å². The highest BCUT2D eigenvalue weighted by atomic mass is 35.5. The number of carbonyl (C=O) groups excluding carboxylic acids is 1. The van der Waals surface area contributed by atoms with Crippen molar-refractivity contribution in [1.29, 1.82) is 0 Å². The molecule has 1 aromatic heterocycles. The van der Waals surface area contributed by atoms with Crippen molar-refractivity contribution in [2.24, 2.45) is 0 Å². The van der Waals surface area contributed by atoms with Crippen LogP contribution in [0.4, 0.5) is 0 Å². The number of nitrogens with zero attached hydrogens (tertiary/aromatic N) is 2. The third kappa shape index (κ3) is 5.43. The van der Waals surface area contributed by atoms with Crippen molar-refractivity contribution in [3.63, 3.8) is 0 Å². The number of benzene rings is 2. The van der Waals surface area contributed by atoms with E-state index in [0.717, 1.165) is 16.9 Å². The Morgan fingerprint density at radius 3 is 2.60 bits per heavy atom. The molecule has 1 amide bonds. The maximum atomic E-state index is 12.5. The summed E-state index contributed by atoms with van der Waals surface area (Å²) in [4.78, 5) is 24.7. The predicted molar refractivity (Wildman–Crippen MR) is 120 cm³/mol. The fourth-order valence-electron chi connectivity index (χ4n) is 2.67. The molecule has 1 N–H and O–H groups in total. The number of aryl methyl sites for hydroxylation is 1. The normalized spacial score (nSPS) is 11.7. The monoisotopic (exact) mass is 443 g/mol. The number of carbonyl (C=O) groups is 1. The molecule has 156 valence electrons. The Labute approximate surface area is 184 Å². The first-order valence-corrected chi connectivity index (χ1v) is 10.6. The average molecular weight is 444 g/mol. The van der Waals surface area contributed by atoms with E-state index in [1.54, 1.807) is 32.2 Å². The summed E-state index contributed by atoms with van der Waals surface area (Å²) in [6.45, 7) is 4.11. The number of rotatable bonds is 7. The van der Waals surface area contributed by atoms with Crippen molar-refractivity contribution in [1.82, 2.24) is 15.1 Å². The van der Waals surface area contributed by atoms with Crippen LogP contribution in [-0.2, 0) is 11.3 Å². The van der Waals surface area contributed by atoms with Crippen LogP contribution in [0, 0.1) is 6.92 Å². The first-order valence-electron chi connectivity index (χ1n) is 9.31. The third-order valence-electron chi connectivity index (χ3n) is 4.47. The molecule has 30 heavy (non-hydrogen) atoms. The molecule has 0 spiro atoms. The standard InChI is InChI=1S/C22H22ClN3O3S/c1-14-4-7-17(12-19(14)23)26-21(27)11-10-20(25-26)30-15(2)22(28)24-13-16-5-8-18(29-3)9-6-16/h4-12,15H,13H2,1-3H3,(H,24,28)/t15-/m0/s1. The number of halogens is 1. The van der Waals surface area contributed by atoms with Gasteiger partial charge in [-0.15, -0.1) is 0 Å². The lowest BCUT2D eigenvalue weighted by Crippen LogP contribution is -2.30. The second-order valence-electron chi connectivity index (χ2n) is 6.68. The Balaban J connectivity index is 1.66. The summed E-state index contributed by atoms with van der Waals surface area (Å²) in [5, 5.41) is 8.04. The van der Waals surface area contributed by atoms with Gasteiger partial charge in [0.25, 0.3) is 5.56 Å².